The summed E-state index contributed by atoms with van der Waals surface area (Å²) in [5.41, 5.74) is 8.14. The predicted octanol–water partition coefficient (Wildman–Crippen LogP) is 2.48. The molecule has 0 atom stereocenters. The molecule has 0 saturated carbocycles. The van der Waals surface area contributed by atoms with Crippen LogP contribution in [0.3, 0.4) is 0 Å². The van der Waals surface area contributed by atoms with Gasteiger partial charge in [-0.3, -0.25) is 0 Å². The fraction of sp³-hybridized carbons (Fsp3) is 0.600. The second kappa shape index (κ2) is 6.24. The topological polar surface area (TPSA) is 72.2 Å². The van der Waals surface area contributed by atoms with Crippen LogP contribution >= 0.6 is 0 Å². The molecule has 114 valence electrons. The van der Waals surface area contributed by atoms with Crippen molar-refractivity contribution in [3.05, 3.63) is 28.8 Å². The predicted molar refractivity (Wildman–Crippen MR) is 83.1 cm³/mol. The van der Waals surface area contributed by atoms with Gasteiger partial charge < -0.3 is 5.73 Å². The van der Waals surface area contributed by atoms with Gasteiger partial charge >= 0.3 is 0 Å². The third-order valence-electron chi connectivity index (χ3n) is 3.90. The van der Waals surface area contributed by atoms with Gasteiger partial charge in [0.05, 0.1) is 4.90 Å². The van der Waals surface area contributed by atoms with Gasteiger partial charge in [-0.25, -0.2) is 13.1 Å². The molecule has 1 aromatic rings. The monoisotopic (exact) mass is 298 g/mol. The Morgan fingerprint density at radius 3 is 2.35 bits per heavy atom. The summed E-state index contributed by atoms with van der Waals surface area (Å²) in [6.45, 7) is 10.6. The lowest BCUT2D eigenvalue weighted by atomic mass is 9.91. The van der Waals surface area contributed by atoms with Gasteiger partial charge in [-0.2, -0.15) is 0 Å². The molecule has 3 N–H and O–H groups in total. The zero-order valence-electron chi connectivity index (χ0n) is 13.1. The number of nitrogens with one attached hydrogen (secondary N) is 1. The molecule has 0 saturated heterocycles. The van der Waals surface area contributed by atoms with E-state index >= 15 is 0 Å². The Balaban J connectivity index is 3.13. The Labute approximate surface area is 122 Å². The van der Waals surface area contributed by atoms with E-state index in [0.717, 1.165) is 23.1 Å². The van der Waals surface area contributed by atoms with Crippen molar-refractivity contribution in [1.29, 1.82) is 0 Å². The highest BCUT2D eigenvalue weighted by molar-refractivity contribution is 7.89. The maximum Gasteiger partial charge on any atom is 0.240 e. The summed E-state index contributed by atoms with van der Waals surface area (Å²) >= 11 is 0. The molecule has 0 bridgehead atoms. The van der Waals surface area contributed by atoms with E-state index in [4.69, 9.17) is 5.73 Å². The van der Waals surface area contributed by atoms with Crippen molar-refractivity contribution in [3.63, 3.8) is 0 Å². The molecule has 4 nitrogen and oxygen atoms in total. The van der Waals surface area contributed by atoms with Crippen LogP contribution in [0, 0.1) is 19.3 Å². The minimum atomic E-state index is -3.49. The number of hydrogen-bond acceptors (Lipinski definition) is 3. The Hall–Kier alpha value is -0.910. The first-order valence-electron chi connectivity index (χ1n) is 6.93. The van der Waals surface area contributed by atoms with E-state index in [9.17, 15) is 8.42 Å². The smallest absolute Gasteiger partial charge is 0.240 e. The largest absolute Gasteiger partial charge is 0.326 e. The lowest BCUT2D eigenvalue weighted by Crippen LogP contribution is -2.34. The molecule has 0 aliphatic rings. The molecule has 0 amide bonds. The quantitative estimate of drug-likeness (QED) is 0.847. The molecule has 0 heterocycles. The summed E-state index contributed by atoms with van der Waals surface area (Å²) < 4.78 is 27.7. The summed E-state index contributed by atoms with van der Waals surface area (Å²) in [6, 6.07) is 3.61. The normalized spacial score (nSPS) is 12.7. The van der Waals surface area contributed by atoms with Crippen LogP contribution in [-0.4, -0.2) is 15.0 Å². The van der Waals surface area contributed by atoms with Crippen LogP contribution in [0.4, 0.5) is 0 Å². The molecule has 0 unspecified atom stereocenters. The molecule has 0 aliphatic carbocycles. The Bertz CT molecular complexity index is 578. The lowest BCUT2D eigenvalue weighted by molar-refractivity contribution is 0.350. The highest BCUT2D eigenvalue weighted by Gasteiger charge is 2.23. The van der Waals surface area contributed by atoms with E-state index < -0.39 is 10.0 Å². The first kappa shape index (κ1) is 17.1. The molecular formula is C15H26N2O2S. The second-order valence-corrected chi connectivity index (χ2v) is 7.82. The Morgan fingerprint density at radius 1 is 1.25 bits per heavy atom. The van der Waals surface area contributed by atoms with Gasteiger partial charge in [0.15, 0.2) is 0 Å². The molecule has 0 aliphatic heterocycles. The molecule has 20 heavy (non-hydrogen) atoms. The van der Waals surface area contributed by atoms with Crippen molar-refractivity contribution < 1.29 is 8.42 Å². The SMILES string of the molecule is CCC(C)(C)CNS(=O)(=O)c1cc(CN)cc(C)c1C. The van der Waals surface area contributed by atoms with Crippen molar-refractivity contribution in [2.24, 2.45) is 11.1 Å². The van der Waals surface area contributed by atoms with E-state index in [1.54, 1.807) is 6.07 Å². The van der Waals surface area contributed by atoms with Crippen LogP contribution < -0.4 is 10.5 Å². The third-order valence-corrected chi connectivity index (χ3v) is 5.43. The number of benzene rings is 1. The number of sulfonamides is 1. The number of rotatable bonds is 6. The van der Waals surface area contributed by atoms with E-state index in [-0.39, 0.29) is 5.41 Å². The highest BCUT2D eigenvalue weighted by Crippen LogP contribution is 2.23. The van der Waals surface area contributed by atoms with Crippen molar-refractivity contribution in [1.82, 2.24) is 4.72 Å². The van der Waals surface area contributed by atoms with E-state index in [1.165, 1.54) is 0 Å². The zero-order chi connectivity index (χ0) is 15.6. The first-order chi connectivity index (χ1) is 9.13. The highest BCUT2D eigenvalue weighted by atomic mass is 32.2. The minimum Gasteiger partial charge on any atom is -0.326 e. The van der Waals surface area contributed by atoms with Crippen LogP contribution in [0.25, 0.3) is 0 Å². The standard InChI is InChI=1S/C15H26N2O2S/c1-6-15(4,5)10-17-20(18,19)14-8-13(9-16)7-11(2)12(14)3/h7-8,17H,6,9-10,16H2,1-5H3. The van der Waals surface area contributed by atoms with Crippen LogP contribution in [0.15, 0.2) is 17.0 Å². The van der Waals surface area contributed by atoms with Gasteiger partial charge in [0.2, 0.25) is 10.0 Å². The summed E-state index contributed by atoms with van der Waals surface area (Å²) in [7, 11) is -3.49. The van der Waals surface area contributed by atoms with Crippen LogP contribution in [0.5, 0.6) is 0 Å². The minimum absolute atomic E-state index is 0.0541. The van der Waals surface area contributed by atoms with Crippen LogP contribution in [0.2, 0.25) is 0 Å². The van der Waals surface area contributed by atoms with E-state index in [2.05, 4.69) is 11.6 Å². The molecule has 1 rings (SSSR count). The molecule has 1 aromatic carbocycles. The lowest BCUT2D eigenvalue weighted by Gasteiger charge is -2.23. The van der Waals surface area contributed by atoms with E-state index in [0.29, 0.717) is 18.0 Å². The van der Waals surface area contributed by atoms with E-state index in [1.807, 2.05) is 33.8 Å². The fourth-order valence-electron chi connectivity index (χ4n) is 1.79. The maximum atomic E-state index is 12.5. The van der Waals surface area contributed by atoms with Gasteiger partial charge in [0.1, 0.15) is 0 Å². The third kappa shape index (κ3) is 4.04. The molecule has 0 fully saturated rings. The zero-order valence-corrected chi connectivity index (χ0v) is 13.9. The number of nitrogens with two attached hydrogens (primary N) is 1. The average molecular weight is 298 g/mol. The van der Waals surface area contributed by atoms with Crippen molar-refractivity contribution in [2.45, 2.75) is 52.5 Å². The number of aryl methyl sites for hydroxylation is 1. The molecule has 0 radical (unpaired) electrons. The summed E-state index contributed by atoms with van der Waals surface area (Å²) in [6.07, 6.45) is 0.913. The van der Waals surface area contributed by atoms with Gasteiger partial charge in [-0.1, -0.05) is 26.8 Å². The first-order valence-corrected chi connectivity index (χ1v) is 8.41. The maximum absolute atomic E-state index is 12.5. The van der Waals surface area contributed by atoms with Gasteiger partial charge in [-0.05, 0) is 48.4 Å². The Morgan fingerprint density at radius 2 is 1.85 bits per heavy atom. The molecule has 0 spiro atoms. The van der Waals surface area contributed by atoms with Crippen LogP contribution in [-0.2, 0) is 16.6 Å². The summed E-state index contributed by atoms with van der Waals surface area (Å²) in [4.78, 5) is 0.338. The van der Waals surface area contributed by atoms with Crippen LogP contribution in [0.1, 0.15) is 43.9 Å². The number of hydrogen-bond donors (Lipinski definition) is 2. The van der Waals surface area contributed by atoms with Gasteiger partial charge in [0.25, 0.3) is 0 Å². The van der Waals surface area contributed by atoms with Gasteiger partial charge in [-0.15, -0.1) is 0 Å². The molecule has 5 heteroatoms. The van der Waals surface area contributed by atoms with Crippen molar-refractivity contribution >= 4 is 10.0 Å². The summed E-state index contributed by atoms with van der Waals surface area (Å²) in [5.74, 6) is 0. The molecular weight excluding hydrogens is 272 g/mol. The second-order valence-electron chi connectivity index (χ2n) is 6.08. The summed E-state index contributed by atoms with van der Waals surface area (Å²) in [5, 5.41) is 0. The Kier molecular flexibility index (Phi) is 5.35. The molecule has 0 aromatic heterocycles. The van der Waals surface area contributed by atoms with Crippen molar-refractivity contribution in [3.8, 4) is 0 Å². The average Bonchev–Trinajstić information content (AvgIpc) is 2.39. The fourth-order valence-corrected chi connectivity index (χ4v) is 3.40. The van der Waals surface area contributed by atoms with Crippen molar-refractivity contribution in [2.75, 3.05) is 6.54 Å². The van der Waals surface area contributed by atoms with Gasteiger partial charge in [0, 0.05) is 13.1 Å².